The SMILES string of the molecule is Cc1ccc(C(C)C)c2ncc(C(=O)N3CCOCC3)n12. The van der Waals surface area contributed by atoms with Crippen molar-refractivity contribution in [2.75, 3.05) is 26.3 Å². The van der Waals surface area contributed by atoms with E-state index >= 15 is 0 Å². The van der Waals surface area contributed by atoms with E-state index in [1.807, 2.05) is 16.2 Å². The molecule has 0 aliphatic carbocycles. The first-order valence-electron chi connectivity index (χ1n) is 7.43. The van der Waals surface area contributed by atoms with Gasteiger partial charge in [-0.1, -0.05) is 19.9 Å². The maximum absolute atomic E-state index is 12.7. The summed E-state index contributed by atoms with van der Waals surface area (Å²) < 4.78 is 7.29. The smallest absolute Gasteiger partial charge is 0.272 e. The maximum Gasteiger partial charge on any atom is 0.272 e. The van der Waals surface area contributed by atoms with Gasteiger partial charge in [-0.25, -0.2) is 4.98 Å². The number of rotatable bonds is 2. The molecular formula is C16H21N3O2. The van der Waals surface area contributed by atoms with Gasteiger partial charge in [-0.15, -0.1) is 0 Å². The van der Waals surface area contributed by atoms with E-state index in [2.05, 4.69) is 31.0 Å². The molecule has 1 amide bonds. The molecule has 5 heteroatoms. The van der Waals surface area contributed by atoms with Crippen LogP contribution in [0.25, 0.3) is 5.65 Å². The summed E-state index contributed by atoms with van der Waals surface area (Å²) in [4.78, 5) is 19.1. The number of aromatic nitrogens is 2. The highest BCUT2D eigenvalue weighted by Crippen LogP contribution is 2.23. The Kier molecular flexibility index (Phi) is 3.68. The van der Waals surface area contributed by atoms with E-state index in [0.29, 0.717) is 37.9 Å². The Morgan fingerprint density at radius 2 is 2.00 bits per heavy atom. The minimum atomic E-state index is 0.0369. The molecule has 0 atom stereocenters. The van der Waals surface area contributed by atoms with Gasteiger partial charge in [0.2, 0.25) is 0 Å². The first-order chi connectivity index (χ1) is 10.1. The molecule has 0 radical (unpaired) electrons. The molecule has 0 saturated carbocycles. The molecule has 112 valence electrons. The average molecular weight is 287 g/mol. The highest BCUT2D eigenvalue weighted by Gasteiger charge is 2.23. The number of amides is 1. The number of imidazole rings is 1. The Labute approximate surface area is 124 Å². The van der Waals surface area contributed by atoms with Crippen molar-refractivity contribution in [2.24, 2.45) is 0 Å². The standard InChI is InChI=1S/C16H21N3O2/c1-11(2)13-5-4-12(3)19-14(10-17-15(13)19)16(20)18-6-8-21-9-7-18/h4-5,10-11H,6-9H2,1-3H3. The van der Waals surface area contributed by atoms with Crippen LogP contribution in [0, 0.1) is 6.92 Å². The molecule has 1 fully saturated rings. The summed E-state index contributed by atoms with van der Waals surface area (Å²) in [6, 6.07) is 4.16. The van der Waals surface area contributed by atoms with Crippen LogP contribution in [-0.2, 0) is 4.74 Å². The van der Waals surface area contributed by atoms with Gasteiger partial charge in [0.1, 0.15) is 11.3 Å². The number of ether oxygens (including phenoxy) is 1. The fourth-order valence-corrected chi connectivity index (χ4v) is 2.80. The zero-order valence-corrected chi connectivity index (χ0v) is 12.8. The van der Waals surface area contributed by atoms with Gasteiger partial charge in [0, 0.05) is 18.8 Å². The molecule has 1 aliphatic heterocycles. The Bertz CT molecular complexity index is 669. The van der Waals surface area contributed by atoms with Crippen LogP contribution in [0.1, 0.15) is 41.5 Å². The molecule has 3 heterocycles. The van der Waals surface area contributed by atoms with Crippen LogP contribution in [-0.4, -0.2) is 46.5 Å². The van der Waals surface area contributed by atoms with Crippen molar-refractivity contribution in [1.29, 1.82) is 0 Å². The molecule has 5 nitrogen and oxygen atoms in total. The van der Waals surface area contributed by atoms with Crippen molar-refractivity contribution in [3.05, 3.63) is 35.3 Å². The lowest BCUT2D eigenvalue weighted by atomic mass is 10.0. The molecule has 3 rings (SSSR count). The second kappa shape index (κ2) is 5.48. The number of hydrogen-bond acceptors (Lipinski definition) is 3. The molecule has 2 aromatic rings. The van der Waals surface area contributed by atoms with Crippen molar-refractivity contribution in [3.8, 4) is 0 Å². The fourth-order valence-electron chi connectivity index (χ4n) is 2.80. The Hall–Kier alpha value is -1.88. The van der Waals surface area contributed by atoms with Gasteiger partial charge in [0.05, 0.1) is 19.4 Å². The van der Waals surface area contributed by atoms with Crippen molar-refractivity contribution in [2.45, 2.75) is 26.7 Å². The lowest BCUT2D eigenvalue weighted by Crippen LogP contribution is -2.41. The molecular weight excluding hydrogens is 266 g/mol. The van der Waals surface area contributed by atoms with E-state index in [-0.39, 0.29) is 5.91 Å². The zero-order valence-electron chi connectivity index (χ0n) is 12.8. The van der Waals surface area contributed by atoms with E-state index in [1.165, 1.54) is 5.56 Å². The second-order valence-corrected chi connectivity index (χ2v) is 5.79. The molecule has 1 aliphatic rings. The monoisotopic (exact) mass is 287 g/mol. The number of carbonyl (C=O) groups is 1. The Morgan fingerprint density at radius 1 is 1.29 bits per heavy atom. The van der Waals surface area contributed by atoms with E-state index in [1.54, 1.807) is 6.20 Å². The second-order valence-electron chi connectivity index (χ2n) is 5.79. The fraction of sp³-hybridized carbons (Fsp3) is 0.500. The van der Waals surface area contributed by atoms with E-state index in [0.717, 1.165) is 11.3 Å². The van der Waals surface area contributed by atoms with Crippen LogP contribution in [0.3, 0.4) is 0 Å². The van der Waals surface area contributed by atoms with Crippen molar-refractivity contribution in [3.63, 3.8) is 0 Å². The van der Waals surface area contributed by atoms with Gasteiger partial charge in [-0.05, 0) is 24.5 Å². The Morgan fingerprint density at radius 3 is 2.67 bits per heavy atom. The number of nitrogens with zero attached hydrogens (tertiary/aromatic N) is 3. The highest BCUT2D eigenvalue weighted by atomic mass is 16.5. The molecule has 0 N–H and O–H groups in total. The average Bonchev–Trinajstić information content (AvgIpc) is 2.93. The predicted molar refractivity (Wildman–Crippen MR) is 80.7 cm³/mol. The normalized spacial score (nSPS) is 15.9. The largest absolute Gasteiger partial charge is 0.378 e. The summed E-state index contributed by atoms with van der Waals surface area (Å²) >= 11 is 0. The highest BCUT2D eigenvalue weighted by molar-refractivity contribution is 5.93. The van der Waals surface area contributed by atoms with Gasteiger partial charge in [-0.2, -0.15) is 0 Å². The third-order valence-electron chi connectivity index (χ3n) is 4.02. The first-order valence-corrected chi connectivity index (χ1v) is 7.43. The number of fused-ring (bicyclic) bond motifs is 1. The maximum atomic E-state index is 12.7. The Balaban J connectivity index is 2.07. The molecule has 2 aromatic heterocycles. The molecule has 0 aromatic carbocycles. The number of hydrogen-bond donors (Lipinski definition) is 0. The predicted octanol–water partition coefficient (Wildman–Crippen LogP) is 2.24. The van der Waals surface area contributed by atoms with Gasteiger partial charge in [0.25, 0.3) is 5.91 Å². The minimum absolute atomic E-state index is 0.0369. The van der Waals surface area contributed by atoms with Crippen LogP contribution in [0.4, 0.5) is 0 Å². The number of pyridine rings is 1. The van der Waals surface area contributed by atoms with Crippen LogP contribution in [0.5, 0.6) is 0 Å². The minimum Gasteiger partial charge on any atom is -0.378 e. The first kappa shape index (κ1) is 14.1. The van der Waals surface area contributed by atoms with Gasteiger partial charge in [-0.3, -0.25) is 9.20 Å². The van der Waals surface area contributed by atoms with E-state index in [4.69, 9.17) is 4.74 Å². The summed E-state index contributed by atoms with van der Waals surface area (Å²) in [5, 5.41) is 0. The van der Waals surface area contributed by atoms with E-state index in [9.17, 15) is 4.79 Å². The van der Waals surface area contributed by atoms with Gasteiger partial charge >= 0.3 is 0 Å². The molecule has 21 heavy (non-hydrogen) atoms. The number of aryl methyl sites for hydroxylation is 1. The van der Waals surface area contributed by atoms with Crippen LogP contribution < -0.4 is 0 Å². The molecule has 0 unspecified atom stereocenters. The van der Waals surface area contributed by atoms with Crippen molar-refractivity contribution < 1.29 is 9.53 Å². The van der Waals surface area contributed by atoms with Crippen molar-refractivity contribution in [1.82, 2.24) is 14.3 Å². The summed E-state index contributed by atoms with van der Waals surface area (Å²) in [6.45, 7) is 8.81. The summed E-state index contributed by atoms with van der Waals surface area (Å²) in [5.41, 5.74) is 3.73. The summed E-state index contributed by atoms with van der Waals surface area (Å²) in [6.07, 6.45) is 1.70. The quantitative estimate of drug-likeness (QED) is 0.851. The van der Waals surface area contributed by atoms with Crippen LogP contribution in [0.15, 0.2) is 18.3 Å². The molecule has 0 spiro atoms. The topological polar surface area (TPSA) is 46.8 Å². The van der Waals surface area contributed by atoms with Gasteiger partial charge < -0.3 is 9.64 Å². The van der Waals surface area contributed by atoms with E-state index < -0.39 is 0 Å². The van der Waals surface area contributed by atoms with Crippen LogP contribution >= 0.6 is 0 Å². The van der Waals surface area contributed by atoms with Crippen LogP contribution in [0.2, 0.25) is 0 Å². The zero-order chi connectivity index (χ0) is 15.0. The number of carbonyl (C=O) groups excluding carboxylic acids is 1. The van der Waals surface area contributed by atoms with Crippen molar-refractivity contribution >= 4 is 11.6 Å². The summed E-state index contributed by atoms with van der Waals surface area (Å²) in [7, 11) is 0. The third kappa shape index (κ3) is 2.42. The summed E-state index contributed by atoms with van der Waals surface area (Å²) in [5.74, 6) is 0.414. The molecule has 1 saturated heterocycles. The number of morpholine rings is 1. The lowest BCUT2D eigenvalue weighted by molar-refractivity contribution is 0.0298. The molecule has 0 bridgehead atoms. The lowest BCUT2D eigenvalue weighted by Gasteiger charge is -2.26. The van der Waals surface area contributed by atoms with Gasteiger partial charge in [0.15, 0.2) is 0 Å². The third-order valence-corrected chi connectivity index (χ3v) is 4.02.